The maximum atomic E-state index is 11.1. The van der Waals surface area contributed by atoms with Crippen molar-refractivity contribution in [1.29, 1.82) is 5.26 Å². The maximum absolute atomic E-state index is 11.1. The molecule has 2 aliphatic carbocycles. The number of fused-ring (bicyclic) bond motifs is 7. The molecule has 5 aromatic rings. The zero-order chi connectivity index (χ0) is 29.1. The lowest BCUT2D eigenvalue weighted by molar-refractivity contribution is -0.132. The van der Waals surface area contributed by atoms with Crippen molar-refractivity contribution >= 4 is 46.1 Å². The number of benzene rings is 3. The number of carboxylic acids is 1. The molecule has 210 valence electrons. The topological polar surface area (TPSA) is 64.3 Å². The molecule has 0 amide bonds. The van der Waals surface area contributed by atoms with Crippen molar-refractivity contribution in [3.05, 3.63) is 114 Å². The third-order valence-electron chi connectivity index (χ3n) is 9.47. The van der Waals surface area contributed by atoms with Crippen LogP contribution in [-0.2, 0) is 4.79 Å². The Balaban J connectivity index is 1.01. The van der Waals surface area contributed by atoms with Crippen LogP contribution in [0.2, 0.25) is 0 Å². The van der Waals surface area contributed by atoms with Gasteiger partial charge in [0.25, 0.3) is 0 Å². The fourth-order valence-corrected chi connectivity index (χ4v) is 9.73. The number of nitrogens with zero attached hydrogens (tertiary/aromatic N) is 2. The van der Waals surface area contributed by atoms with Crippen molar-refractivity contribution < 1.29 is 9.90 Å². The number of aliphatic carboxylic acids is 1. The van der Waals surface area contributed by atoms with Crippen LogP contribution < -0.4 is 4.90 Å². The maximum Gasteiger partial charge on any atom is 0.346 e. The van der Waals surface area contributed by atoms with Crippen molar-refractivity contribution in [2.24, 2.45) is 11.8 Å². The number of anilines is 2. The average molecular weight is 597 g/mol. The normalized spacial score (nSPS) is 21.9. The van der Waals surface area contributed by atoms with E-state index >= 15 is 0 Å². The first-order chi connectivity index (χ1) is 21.1. The van der Waals surface area contributed by atoms with E-state index in [9.17, 15) is 4.79 Å². The second-order valence-electron chi connectivity index (χ2n) is 11.8. The molecule has 0 spiro atoms. The molecule has 8 rings (SSSR count). The third kappa shape index (κ3) is 4.43. The van der Waals surface area contributed by atoms with E-state index in [1.807, 2.05) is 35.6 Å². The van der Waals surface area contributed by atoms with Gasteiger partial charge in [0.05, 0.1) is 0 Å². The summed E-state index contributed by atoms with van der Waals surface area (Å²) in [7, 11) is 0. The summed E-state index contributed by atoms with van der Waals surface area (Å²) in [4.78, 5) is 18.7. The van der Waals surface area contributed by atoms with Crippen LogP contribution in [0.15, 0.2) is 103 Å². The lowest BCUT2D eigenvalue weighted by Crippen LogP contribution is -2.35. The minimum absolute atomic E-state index is 0.273. The summed E-state index contributed by atoms with van der Waals surface area (Å²) in [5, 5.41) is 18.1. The first-order valence-corrected chi connectivity index (χ1v) is 16.3. The molecule has 0 saturated heterocycles. The third-order valence-corrected chi connectivity index (χ3v) is 11.9. The quantitative estimate of drug-likeness (QED) is 0.157. The van der Waals surface area contributed by atoms with Gasteiger partial charge in [0.2, 0.25) is 0 Å². The highest BCUT2D eigenvalue weighted by molar-refractivity contribution is 7.25. The predicted molar refractivity (Wildman–Crippen MR) is 176 cm³/mol. The molecule has 0 radical (unpaired) electrons. The van der Waals surface area contributed by atoms with Crippen LogP contribution in [0.5, 0.6) is 0 Å². The number of nitriles is 1. The predicted octanol–water partition coefficient (Wildman–Crippen LogP) is 9.84. The minimum atomic E-state index is -1.22. The summed E-state index contributed by atoms with van der Waals surface area (Å²) >= 11 is 3.56. The van der Waals surface area contributed by atoms with E-state index in [-0.39, 0.29) is 5.57 Å². The standard InChI is InChI=1S/C37H28N2O2S2/c38-21-27(37(40)41)19-22-5-7-23(8-6-22)31-15-17-33(42-31)34-18-16-32(43-34)24-11-13-28(14-12-24)39-30-4-2-1-3-29(30)35-25-9-10-26(20-25)36(35)39/h1-8,11-19,25-26,35-36H,9-10,20H2,(H,40,41)/b27-19+. The highest BCUT2D eigenvalue weighted by atomic mass is 32.1. The summed E-state index contributed by atoms with van der Waals surface area (Å²) in [6.07, 6.45) is 5.54. The van der Waals surface area contributed by atoms with Crippen LogP contribution in [0, 0.1) is 23.2 Å². The van der Waals surface area contributed by atoms with Gasteiger partial charge in [-0.2, -0.15) is 5.26 Å². The van der Waals surface area contributed by atoms with Gasteiger partial charge in [-0.25, -0.2) is 4.79 Å². The van der Waals surface area contributed by atoms with Crippen molar-refractivity contribution in [2.75, 3.05) is 4.90 Å². The molecule has 3 aromatic carbocycles. The monoisotopic (exact) mass is 596 g/mol. The lowest BCUT2D eigenvalue weighted by Gasteiger charge is -2.33. The second-order valence-corrected chi connectivity index (χ2v) is 13.9. The smallest absolute Gasteiger partial charge is 0.346 e. The Morgan fingerprint density at radius 1 is 0.791 bits per heavy atom. The summed E-state index contributed by atoms with van der Waals surface area (Å²) in [6, 6.07) is 37.0. The molecule has 1 N–H and O–H groups in total. The van der Waals surface area contributed by atoms with Crippen LogP contribution in [0.3, 0.4) is 0 Å². The molecule has 3 heterocycles. The first-order valence-electron chi connectivity index (χ1n) is 14.7. The molecule has 4 nitrogen and oxygen atoms in total. The SMILES string of the molecule is N#C/C(=C\c1ccc(-c2ccc(-c3ccc(-c4ccc(N5c6ccccc6C6C7CCC(C7)C65)cc4)s3)s2)cc1)C(=O)O. The molecular weight excluding hydrogens is 569 g/mol. The molecular formula is C37H28N2O2S2. The minimum Gasteiger partial charge on any atom is -0.477 e. The van der Waals surface area contributed by atoms with E-state index in [1.165, 1.54) is 56.9 Å². The van der Waals surface area contributed by atoms with E-state index in [2.05, 4.69) is 77.7 Å². The number of carboxylic acid groups (broad SMARTS) is 1. The Labute approximate surface area is 258 Å². The molecule has 2 fully saturated rings. The van der Waals surface area contributed by atoms with Gasteiger partial charge in [0.15, 0.2) is 0 Å². The van der Waals surface area contributed by atoms with Crippen LogP contribution in [0.25, 0.3) is 36.7 Å². The van der Waals surface area contributed by atoms with E-state index < -0.39 is 5.97 Å². The molecule has 4 atom stereocenters. The van der Waals surface area contributed by atoms with E-state index in [0.29, 0.717) is 17.5 Å². The van der Waals surface area contributed by atoms with Crippen molar-refractivity contribution in [1.82, 2.24) is 0 Å². The first kappa shape index (κ1) is 26.2. The van der Waals surface area contributed by atoms with E-state index in [1.54, 1.807) is 23.0 Å². The van der Waals surface area contributed by atoms with Gasteiger partial charge in [-0.3, -0.25) is 0 Å². The summed E-state index contributed by atoms with van der Waals surface area (Å²) in [6.45, 7) is 0. The molecule has 2 bridgehead atoms. The molecule has 1 aliphatic heterocycles. The molecule has 6 heteroatoms. The number of thiophene rings is 2. The number of hydrogen-bond donors (Lipinski definition) is 1. The van der Waals surface area contributed by atoms with Crippen LogP contribution in [0.1, 0.15) is 36.3 Å². The Morgan fingerprint density at radius 2 is 1.40 bits per heavy atom. The summed E-state index contributed by atoms with van der Waals surface area (Å²) < 4.78 is 0. The fraction of sp³-hybridized carbons (Fsp3) is 0.189. The Kier molecular flexibility index (Phi) is 6.32. The van der Waals surface area contributed by atoms with Crippen molar-refractivity contribution in [3.8, 4) is 36.7 Å². The van der Waals surface area contributed by atoms with Gasteiger partial charge in [-0.15, -0.1) is 22.7 Å². The van der Waals surface area contributed by atoms with Crippen molar-refractivity contribution in [2.45, 2.75) is 31.2 Å². The number of rotatable bonds is 6. The zero-order valence-corrected chi connectivity index (χ0v) is 24.9. The zero-order valence-electron chi connectivity index (χ0n) is 23.3. The Bertz CT molecular complexity index is 1930. The Hall–Kier alpha value is -4.44. The van der Waals surface area contributed by atoms with Crippen LogP contribution in [0.4, 0.5) is 11.4 Å². The van der Waals surface area contributed by atoms with Crippen molar-refractivity contribution in [3.63, 3.8) is 0 Å². The highest BCUT2D eigenvalue weighted by Gasteiger charge is 2.55. The van der Waals surface area contributed by atoms with Gasteiger partial charge in [0, 0.05) is 42.8 Å². The van der Waals surface area contributed by atoms with Gasteiger partial charge in [0.1, 0.15) is 11.6 Å². The van der Waals surface area contributed by atoms with E-state index in [0.717, 1.165) is 22.3 Å². The van der Waals surface area contributed by atoms with Gasteiger partial charge >= 0.3 is 5.97 Å². The average Bonchev–Trinajstić information content (AvgIpc) is 3.87. The highest BCUT2D eigenvalue weighted by Crippen LogP contribution is 2.62. The number of carbonyl (C=O) groups is 1. The molecule has 4 unspecified atom stereocenters. The van der Waals surface area contributed by atoms with Gasteiger partial charge in [-0.05, 0) is 102 Å². The molecule has 43 heavy (non-hydrogen) atoms. The number of para-hydroxylation sites is 1. The van der Waals surface area contributed by atoms with Crippen LogP contribution in [-0.4, -0.2) is 17.1 Å². The lowest BCUT2D eigenvalue weighted by atomic mass is 9.82. The fourth-order valence-electron chi connectivity index (χ4n) is 7.62. The molecule has 2 aromatic heterocycles. The van der Waals surface area contributed by atoms with E-state index in [4.69, 9.17) is 10.4 Å². The molecule has 2 saturated carbocycles. The largest absolute Gasteiger partial charge is 0.477 e. The summed E-state index contributed by atoms with van der Waals surface area (Å²) in [5.74, 6) is 1.13. The van der Waals surface area contributed by atoms with Gasteiger partial charge < -0.3 is 10.0 Å². The van der Waals surface area contributed by atoms with Crippen LogP contribution >= 0.6 is 22.7 Å². The second kappa shape index (κ2) is 10.4. The van der Waals surface area contributed by atoms with Gasteiger partial charge in [-0.1, -0.05) is 54.6 Å². The summed E-state index contributed by atoms with van der Waals surface area (Å²) in [5.41, 5.74) is 7.01. The number of hydrogen-bond acceptors (Lipinski definition) is 5. The Morgan fingerprint density at radius 3 is 2.05 bits per heavy atom. The molecule has 3 aliphatic rings.